The molecular weight excluding hydrogens is 382 g/mol. The van der Waals surface area contributed by atoms with Gasteiger partial charge in [0.05, 0.1) is 58.9 Å². The lowest BCUT2D eigenvalue weighted by molar-refractivity contribution is -0.115. The van der Waals surface area contributed by atoms with Crippen molar-refractivity contribution in [3.63, 3.8) is 0 Å². The molecule has 0 radical (unpaired) electrons. The van der Waals surface area contributed by atoms with E-state index < -0.39 is 0 Å². The van der Waals surface area contributed by atoms with Gasteiger partial charge in [0.25, 0.3) is 0 Å². The molecule has 0 aliphatic carbocycles. The Morgan fingerprint density at radius 2 is 2.13 bits per heavy atom. The molecule has 1 aliphatic heterocycles. The first-order valence-electron chi connectivity index (χ1n) is 9.24. The Balaban J connectivity index is 1.82. The average molecular weight is 401 g/mol. The van der Waals surface area contributed by atoms with E-state index in [4.69, 9.17) is 4.99 Å². The Kier molecular flexibility index (Phi) is 5.00. The van der Waals surface area contributed by atoms with Gasteiger partial charge in [0.15, 0.2) is 0 Å². The summed E-state index contributed by atoms with van der Waals surface area (Å²) in [5, 5.41) is 29.6. The number of amides is 1. The first-order chi connectivity index (χ1) is 14.5. The number of anilines is 2. The molecule has 0 atom stereocenters. The Bertz CT molecular complexity index is 1200. The maximum absolute atomic E-state index is 12.5. The van der Waals surface area contributed by atoms with Gasteiger partial charge in [0, 0.05) is 14.1 Å². The van der Waals surface area contributed by atoms with E-state index in [2.05, 4.69) is 21.7 Å². The number of aliphatic hydroxyl groups is 1. The predicted molar refractivity (Wildman–Crippen MR) is 112 cm³/mol. The lowest BCUT2D eigenvalue weighted by Crippen LogP contribution is -2.15. The number of benzene rings is 2. The van der Waals surface area contributed by atoms with Crippen molar-refractivity contribution < 1.29 is 9.90 Å². The Morgan fingerprint density at radius 3 is 2.87 bits per heavy atom. The van der Waals surface area contributed by atoms with Gasteiger partial charge in [0.2, 0.25) is 5.91 Å². The molecule has 0 fully saturated rings. The number of nitriles is 1. The summed E-state index contributed by atoms with van der Waals surface area (Å²) in [5.74, 6) is -0.212. The molecule has 30 heavy (non-hydrogen) atoms. The number of carbonyl (C=O) groups excluding carboxylic acids is 1. The van der Waals surface area contributed by atoms with Crippen molar-refractivity contribution in [3.05, 3.63) is 59.4 Å². The van der Waals surface area contributed by atoms with Crippen molar-refractivity contribution in [1.82, 2.24) is 15.0 Å². The van der Waals surface area contributed by atoms with Crippen LogP contribution in [0.25, 0.3) is 5.69 Å². The lowest BCUT2D eigenvalue weighted by Gasteiger charge is -2.16. The third-order valence-electron chi connectivity index (χ3n) is 4.78. The SMILES string of the molecule is CN(C)c1cc2c(cc1C#N)NC(=O)CC(c1cccc(-n3nncc3CO)c1)=N2. The Morgan fingerprint density at radius 1 is 1.30 bits per heavy atom. The molecule has 1 aliphatic rings. The smallest absolute Gasteiger partial charge is 0.230 e. The molecule has 3 aromatic rings. The van der Waals surface area contributed by atoms with Gasteiger partial charge in [-0.2, -0.15) is 5.26 Å². The minimum absolute atomic E-state index is 0.0849. The van der Waals surface area contributed by atoms with Crippen LogP contribution in [-0.4, -0.2) is 45.8 Å². The molecule has 9 heteroatoms. The molecule has 1 aromatic heterocycles. The number of hydrogen-bond acceptors (Lipinski definition) is 7. The zero-order valence-corrected chi connectivity index (χ0v) is 16.5. The van der Waals surface area contributed by atoms with Crippen LogP contribution in [0.1, 0.15) is 23.2 Å². The van der Waals surface area contributed by atoms with Gasteiger partial charge in [0.1, 0.15) is 6.07 Å². The number of aromatic nitrogens is 3. The van der Waals surface area contributed by atoms with E-state index >= 15 is 0 Å². The minimum atomic E-state index is -0.212. The molecule has 0 spiro atoms. The third kappa shape index (κ3) is 3.52. The molecule has 0 unspecified atom stereocenters. The van der Waals surface area contributed by atoms with Crippen LogP contribution in [-0.2, 0) is 11.4 Å². The second-order valence-electron chi connectivity index (χ2n) is 7.02. The highest BCUT2D eigenvalue weighted by Gasteiger charge is 2.20. The summed E-state index contributed by atoms with van der Waals surface area (Å²) in [5.41, 5.74) is 4.88. The van der Waals surface area contributed by atoms with Gasteiger partial charge in [-0.05, 0) is 29.8 Å². The first-order valence-corrected chi connectivity index (χ1v) is 9.24. The Labute approximate surface area is 172 Å². The van der Waals surface area contributed by atoms with Crippen molar-refractivity contribution in [3.8, 4) is 11.8 Å². The summed E-state index contributed by atoms with van der Waals surface area (Å²) >= 11 is 0. The van der Waals surface area contributed by atoms with E-state index in [1.807, 2.05) is 43.3 Å². The van der Waals surface area contributed by atoms with Gasteiger partial charge >= 0.3 is 0 Å². The van der Waals surface area contributed by atoms with Crippen LogP contribution in [0.2, 0.25) is 0 Å². The van der Waals surface area contributed by atoms with Crippen molar-refractivity contribution in [2.45, 2.75) is 13.0 Å². The number of rotatable bonds is 4. The molecule has 0 saturated heterocycles. The van der Waals surface area contributed by atoms with Crippen LogP contribution in [0.15, 0.2) is 47.6 Å². The highest BCUT2D eigenvalue weighted by atomic mass is 16.3. The lowest BCUT2D eigenvalue weighted by atomic mass is 10.1. The molecule has 2 heterocycles. The number of fused-ring (bicyclic) bond motifs is 1. The highest BCUT2D eigenvalue weighted by Crippen LogP contribution is 2.35. The van der Waals surface area contributed by atoms with E-state index in [1.165, 1.54) is 10.9 Å². The molecule has 150 valence electrons. The molecular formula is C21H19N7O2. The monoisotopic (exact) mass is 401 g/mol. The van der Waals surface area contributed by atoms with E-state index in [0.29, 0.717) is 34.0 Å². The van der Waals surface area contributed by atoms with Gasteiger partial charge in [-0.25, -0.2) is 4.68 Å². The highest BCUT2D eigenvalue weighted by molar-refractivity contribution is 6.17. The average Bonchev–Trinajstić information content (AvgIpc) is 3.16. The summed E-state index contributed by atoms with van der Waals surface area (Å²) in [4.78, 5) is 19.1. The van der Waals surface area contributed by atoms with Crippen molar-refractivity contribution in [2.75, 3.05) is 24.3 Å². The number of hydrogen-bond donors (Lipinski definition) is 2. The molecule has 1 amide bonds. The van der Waals surface area contributed by atoms with Crippen LogP contribution in [0.4, 0.5) is 17.1 Å². The predicted octanol–water partition coefficient (Wildman–Crippen LogP) is 2.16. The standard InChI is InChI=1S/C21H19N7O2/c1-27(2)20-8-19-18(7-14(20)10-22)25-21(30)9-17(24-19)13-4-3-5-15(6-13)28-16(12-29)11-23-26-28/h3-8,11,29H,9,12H2,1-2H3,(H,25,30). The first kappa shape index (κ1) is 19.3. The topological polar surface area (TPSA) is 119 Å². The summed E-state index contributed by atoms with van der Waals surface area (Å²) in [7, 11) is 3.70. The van der Waals surface area contributed by atoms with Gasteiger partial charge < -0.3 is 15.3 Å². The quantitative estimate of drug-likeness (QED) is 0.691. The largest absolute Gasteiger partial charge is 0.390 e. The van der Waals surface area contributed by atoms with Crippen LogP contribution < -0.4 is 10.2 Å². The fourth-order valence-electron chi connectivity index (χ4n) is 3.33. The summed E-state index contributed by atoms with van der Waals surface area (Å²) in [6.45, 7) is -0.192. The van der Waals surface area contributed by atoms with Crippen molar-refractivity contribution in [2.24, 2.45) is 4.99 Å². The fraction of sp³-hybridized carbons (Fsp3) is 0.190. The summed E-state index contributed by atoms with van der Waals surface area (Å²) in [6.07, 6.45) is 1.58. The van der Waals surface area contributed by atoms with E-state index in [1.54, 1.807) is 12.1 Å². The molecule has 0 saturated carbocycles. The van der Waals surface area contributed by atoms with Crippen molar-refractivity contribution >= 4 is 28.7 Å². The van der Waals surface area contributed by atoms with E-state index in [-0.39, 0.29) is 18.9 Å². The zero-order valence-electron chi connectivity index (χ0n) is 16.5. The molecule has 2 aromatic carbocycles. The fourth-order valence-corrected chi connectivity index (χ4v) is 3.33. The summed E-state index contributed by atoms with van der Waals surface area (Å²) < 4.78 is 1.54. The van der Waals surface area contributed by atoms with Gasteiger partial charge in [-0.3, -0.25) is 9.79 Å². The summed E-state index contributed by atoms with van der Waals surface area (Å²) in [6, 6.07) is 13.0. The number of aliphatic imine (C=N–C) groups is 1. The molecule has 9 nitrogen and oxygen atoms in total. The van der Waals surface area contributed by atoms with E-state index in [9.17, 15) is 15.2 Å². The van der Waals surface area contributed by atoms with Crippen molar-refractivity contribution in [1.29, 1.82) is 5.26 Å². The maximum atomic E-state index is 12.5. The third-order valence-corrected chi connectivity index (χ3v) is 4.78. The van der Waals surface area contributed by atoms with Crippen LogP contribution in [0.3, 0.4) is 0 Å². The maximum Gasteiger partial charge on any atom is 0.230 e. The number of aliphatic hydroxyl groups excluding tert-OH is 1. The molecule has 0 bridgehead atoms. The zero-order chi connectivity index (χ0) is 21.3. The molecule has 4 rings (SSSR count). The van der Waals surface area contributed by atoms with Gasteiger partial charge in [-0.1, -0.05) is 17.3 Å². The molecule has 2 N–H and O–H groups in total. The van der Waals surface area contributed by atoms with Crippen LogP contribution in [0, 0.1) is 11.3 Å². The minimum Gasteiger partial charge on any atom is -0.390 e. The van der Waals surface area contributed by atoms with E-state index in [0.717, 1.165) is 11.3 Å². The van der Waals surface area contributed by atoms with Crippen LogP contribution in [0.5, 0.6) is 0 Å². The Hall–Kier alpha value is -4.03. The second-order valence-corrected chi connectivity index (χ2v) is 7.02. The second kappa shape index (κ2) is 7.77. The normalized spacial score (nSPS) is 13.0. The number of nitrogens with one attached hydrogen (secondary N) is 1. The number of nitrogens with zero attached hydrogens (tertiary/aromatic N) is 6. The van der Waals surface area contributed by atoms with Gasteiger partial charge in [-0.15, -0.1) is 5.10 Å². The number of carbonyl (C=O) groups is 1. The van der Waals surface area contributed by atoms with Crippen LogP contribution >= 0.6 is 0 Å².